The van der Waals surface area contributed by atoms with Gasteiger partial charge in [-0.2, -0.15) is 0 Å². The fourth-order valence-corrected chi connectivity index (χ4v) is 2.19. The fraction of sp³-hybridized carbons (Fsp3) is 0.0833. The zero-order valence-electron chi connectivity index (χ0n) is 9.23. The van der Waals surface area contributed by atoms with E-state index >= 15 is 0 Å². The first-order chi connectivity index (χ1) is 8.65. The highest BCUT2D eigenvalue weighted by atomic mass is 79.9. The first kappa shape index (κ1) is 11.3. The Labute approximate surface area is 110 Å². The summed E-state index contributed by atoms with van der Waals surface area (Å²) in [6, 6.07) is 6.68. The quantitative estimate of drug-likeness (QED) is 0.791. The van der Waals surface area contributed by atoms with E-state index < -0.39 is 0 Å². The van der Waals surface area contributed by atoms with E-state index in [0.717, 1.165) is 11.3 Å². The van der Waals surface area contributed by atoms with Crippen molar-refractivity contribution in [2.75, 3.05) is 5.73 Å². The van der Waals surface area contributed by atoms with Crippen molar-refractivity contribution in [2.24, 2.45) is 0 Å². The van der Waals surface area contributed by atoms with Crippen LogP contribution in [-0.2, 0) is 6.54 Å². The van der Waals surface area contributed by atoms with Gasteiger partial charge in [-0.1, -0.05) is 0 Å². The van der Waals surface area contributed by atoms with Crippen molar-refractivity contribution in [3.8, 4) is 0 Å². The molecule has 2 N–H and O–H groups in total. The number of benzene rings is 1. The van der Waals surface area contributed by atoms with Crippen molar-refractivity contribution in [1.82, 2.24) is 9.55 Å². The number of imidazole rings is 1. The van der Waals surface area contributed by atoms with Gasteiger partial charge in [0.05, 0.1) is 28.3 Å². The van der Waals surface area contributed by atoms with Crippen LogP contribution in [0.3, 0.4) is 0 Å². The molecule has 4 nitrogen and oxygen atoms in total. The topological polar surface area (TPSA) is 57.0 Å². The second-order valence-electron chi connectivity index (χ2n) is 3.89. The molecule has 0 spiro atoms. The molecule has 0 unspecified atom stereocenters. The lowest BCUT2D eigenvalue weighted by atomic mass is 10.3. The Balaban J connectivity index is 2.16. The number of furan rings is 1. The van der Waals surface area contributed by atoms with Crippen LogP contribution in [0, 0.1) is 5.82 Å². The number of nitrogens with zero attached hydrogens (tertiary/aromatic N) is 2. The van der Waals surface area contributed by atoms with Gasteiger partial charge in [-0.25, -0.2) is 9.37 Å². The van der Waals surface area contributed by atoms with E-state index in [0.29, 0.717) is 22.5 Å². The van der Waals surface area contributed by atoms with Crippen molar-refractivity contribution in [3.05, 3.63) is 46.6 Å². The van der Waals surface area contributed by atoms with E-state index in [9.17, 15) is 4.39 Å². The van der Waals surface area contributed by atoms with Crippen molar-refractivity contribution in [1.29, 1.82) is 0 Å². The molecule has 0 aliphatic heterocycles. The molecule has 0 aliphatic rings. The van der Waals surface area contributed by atoms with E-state index in [-0.39, 0.29) is 5.82 Å². The molecule has 0 atom stereocenters. The average Bonchev–Trinajstić information content (AvgIpc) is 2.92. The minimum Gasteiger partial charge on any atom is -0.467 e. The van der Waals surface area contributed by atoms with Crippen molar-refractivity contribution < 1.29 is 8.81 Å². The normalized spacial score (nSPS) is 11.2. The Hall–Kier alpha value is -1.82. The highest BCUT2D eigenvalue weighted by Gasteiger charge is 2.12. The maximum Gasteiger partial charge on any atom is 0.201 e. The van der Waals surface area contributed by atoms with E-state index in [2.05, 4.69) is 20.9 Å². The Bertz CT molecular complexity index is 706. The number of fused-ring (bicyclic) bond motifs is 1. The highest BCUT2D eigenvalue weighted by Crippen LogP contribution is 2.25. The molecule has 3 aromatic rings. The van der Waals surface area contributed by atoms with Gasteiger partial charge in [-0.15, -0.1) is 0 Å². The van der Waals surface area contributed by atoms with Gasteiger partial charge in [-0.3, -0.25) is 0 Å². The van der Waals surface area contributed by atoms with E-state index in [1.165, 1.54) is 6.07 Å². The van der Waals surface area contributed by atoms with Gasteiger partial charge >= 0.3 is 0 Å². The molecule has 18 heavy (non-hydrogen) atoms. The summed E-state index contributed by atoms with van der Waals surface area (Å²) in [5.41, 5.74) is 7.13. The molecule has 6 heteroatoms. The summed E-state index contributed by atoms with van der Waals surface area (Å²) < 4.78 is 20.8. The molecular formula is C12H9BrFN3O. The molecule has 0 radical (unpaired) electrons. The molecule has 0 saturated heterocycles. The van der Waals surface area contributed by atoms with Crippen LogP contribution < -0.4 is 5.73 Å². The number of anilines is 1. The van der Waals surface area contributed by atoms with Gasteiger partial charge in [0.2, 0.25) is 5.95 Å². The van der Waals surface area contributed by atoms with E-state index in [4.69, 9.17) is 10.2 Å². The summed E-state index contributed by atoms with van der Waals surface area (Å²) in [6.45, 7) is 0.466. The molecular weight excluding hydrogens is 301 g/mol. The number of rotatable bonds is 2. The van der Waals surface area contributed by atoms with E-state index in [1.54, 1.807) is 23.0 Å². The number of hydrogen-bond acceptors (Lipinski definition) is 3. The molecule has 0 aliphatic carbocycles. The molecule has 3 rings (SSSR count). The van der Waals surface area contributed by atoms with E-state index in [1.807, 2.05) is 6.07 Å². The number of hydrogen-bond donors (Lipinski definition) is 1. The summed E-state index contributed by atoms with van der Waals surface area (Å²) in [7, 11) is 0. The molecule has 0 saturated carbocycles. The maximum absolute atomic E-state index is 13.4. The Morgan fingerprint density at radius 2 is 2.28 bits per heavy atom. The Morgan fingerprint density at radius 1 is 1.44 bits per heavy atom. The minimum atomic E-state index is -0.356. The average molecular weight is 310 g/mol. The molecule has 92 valence electrons. The Morgan fingerprint density at radius 3 is 3.00 bits per heavy atom. The smallest absolute Gasteiger partial charge is 0.201 e. The number of nitrogen functional groups attached to an aromatic ring is 1. The number of nitrogens with two attached hydrogens (primary N) is 1. The molecule has 2 aromatic heterocycles. The Kier molecular flexibility index (Phi) is 2.59. The fourth-order valence-electron chi connectivity index (χ4n) is 1.86. The van der Waals surface area contributed by atoms with Gasteiger partial charge < -0.3 is 14.7 Å². The van der Waals surface area contributed by atoms with Crippen LogP contribution in [-0.4, -0.2) is 9.55 Å². The summed E-state index contributed by atoms with van der Waals surface area (Å²) in [5, 5.41) is 0. The molecule has 0 bridgehead atoms. The predicted molar refractivity (Wildman–Crippen MR) is 69.6 cm³/mol. The lowest BCUT2D eigenvalue weighted by molar-refractivity contribution is 0.497. The van der Waals surface area contributed by atoms with Crippen LogP contribution in [0.2, 0.25) is 0 Å². The summed E-state index contributed by atoms with van der Waals surface area (Å²) in [5.74, 6) is 0.741. The third-order valence-electron chi connectivity index (χ3n) is 2.71. The second-order valence-corrected chi connectivity index (χ2v) is 4.74. The second kappa shape index (κ2) is 4.13. The first-order valence-corrected chi connectivity index (χ1v) is 6.07. The zero-order chi connectivity index (χ0) is 12.7. The summed E-state index contributed by atoms with van der Waals surface area (Å²) in [4.78, 5) is 4.13. The van der Waals surface area contributed by atoms with Gasteiger partial charge in [0.1, 0.15) is 11.6 Å². The third kappa shape index (κ3) is 1.78. The van der Waals surface area contributed by atoms with Crippen molar-refractivity contribution in [2.45, 2.75) is 6.54 Å². The molecule has 1 aromatic carbocycles. The predicted octanol–water partition coefficient (Wildman–Crippen LogP) is 3.16. The number of halogens is 2. The maximum atomic E-state index is 13.4. The zero-order valence-corrected chi connectivity index (χ0v) is 10.8. The molecule has 0 amide bonds. The molecule has 0 fully saturated rings. The summed E-state index contributed by atoms with van der Waals surface area (Å²) in [6.07, 6.45) is 1.60. The first-order valence-electron chi connectivity index (χ1n) is 5.28. The largest absolute Gasteiger partial charge is 0.467 e. The van der Waals surface area contributed by atoms with Crippen LogP contribution in [0.4, 0.5) is 10.3 Å². The van der Waals surface area contributed by atoms with Crippen LogP contribution in [0.5, 0.6) is 0 Å². The van der Waals surface area contributed by atoms with Gasteiger partial charge in [-0.05, 0) is 34.1 Å². The third-order valence-corrected chi connectivity index (χ3v) is 3.32. The number of aromatic nitrogens is 2. The van der Waals surface area contributed by atoms with Crippen LogP contribution in [0.1, 0.15) is 5.76 Å². The standard InChI is InChI=1S/C12H9BrFN3O/c13-8-4-11-10(5-9(8)14)16-12(15)17(11)6-7-2-1-3-18-7/h1-5H,6H2,(H2,15,16). The van der Waals surface area contributed by atoms with Crippen molar-refractivity contribution >= 4 is 32.9 Å². The monoisotopic (exact) mass is 309 g/mol. The van der Waals surface area contributed by atoms with Crippen molar-refractivity contribution in [3.63, 3.8) is 0 Å². The minimum absolute atomic E-state index is 0.332. The van der Waals surface area contributed by atoms with Crippen LogP contribution >= 0.6 is 15.9 Å². The van der Waals surface area contributed by atoms with Gasteiger partial charge in [0.15, 0.2) is 0 Å². The summed E-state index contributed by atoms with van der Waals surface area (Å²) >= 11 is 3.16. The van der Waals surface area contributed by atoms with Gasteiger partial charge in [0, 0.05) is 6.07 Å². The van der Waals surface area contributed by atoms with Gasteiger partial charge in [0.25, 0.3) is 0 Å². The SMILES string of the molecule is Nc1nc2cc(F)c(Br)cc2n1Cc1ccco1. The van der Waals surface area contributed by atoms with Crippen LogP contribution in [0.25, 0.3) is 11.0 Å². The van der Waals surface area contributed by atoms with Crippen LogP contribution in [0.15, 0.2) is 39.4 Å². The highest BCUT2D eigenvalue weighted by molar-refractivity contribution is 9.10. The molecule has 2 heterocycles. The lowest BCUT2D eigenvalue weighted by Gasteiger charge is -2.04. The lowest BCUT2D eigenvalue weighted by Crippen LogP contribution is -2.03.